The fraction of sp³-hybridized carbons (Fsp3) is 0.364. The number of pyridine rings is 1. The second-order valence-corrected chi connectivity index (χ2v) is 3.84. The highest BCUT2D eigenvalue weighted by atomic mass is 16.1. The molecule has 0 saturated carbocycles. The number of nitrogens with zero attached hydrogens (tertiary/aromatic N) is 3. The van der Waals surface area contributed by atoms with E-state index >= 15 is 0 Å². The van der Waals surface area contributed by atoms with Gasteiger partial charge in [-0.3, -0.25) is 9.78 Å². The van der Waals surface area contributed by atoms with Gasteiger partial charge in [-0.05, 0) is 12.5 Å². The average molecular weight is 216 g/mol. The number of primary amides is 1. The van der Waals surface area contributed by atoms with Crippen LogP contribution in [0.2, 0.25) is 0 Å². The van der Waals surface area contributed by atoms with Gasteiger partial charge in [0, 0.05) is 19.3 Å². The molecule has 5 nitrogen and oxygen atoms in total. The largest absolute Gasteiger partial charge is 0.369 e. The molecule has 1 aromatic heterocycles. The Labute approximate surface area is 93.5 Å². The molecule has 1 aliphatic heterocycles. The predicted molar refractivity (Wildman–Crippen MR) is 58.5 cm³/mol. The van der Waals surface area contributed by atoms with Crippen LogP contribution in [0, 0.1) is 17.2 Å². The quantitative estimate of drug-likeness (QED) is 0.768. The summed E-state index contributed by atoms with van der Waals surface area (Å²) in [7, 11) is 0. The standard InChI is InChI=1S/C11H12N4O/c12-5-8-1-3-14-6-10(8)15-4-2-9(7-15)11(13)16/h1,3,6,9H,2,4,7H2,(H2,13,16). The Morgan fingerprint density at radius 2 is 2.50 bits per heavy atom. The zero-order chi connectivity index (χ0) is 11.5. The van der Waals surface area contributed by atoms with Crippen LogP contribution in [0.25, 0.3) is 0 Å². The van der Waals surface area contributed by atoms with Gasteiger partial charge < -0.3 is 10.6 Å². The molecular weight excluding hydrogens is 204 g/mol. The number of nitrogens with two attached hydrogens (primary N) is 1. The van der Waals surface area contributed by atoms with Crippen LogP contribution in [-0.2, 0) is 4.79 Å². The summed E-state index contributed by atoms with van der Waals surface area (Å²) in [5.74, 6) is -0.392. The molecule has 0 bridgehead atoms. The van der Waals surface area contributed by atoms with E-state index < -0.39 is 0 Å². The number of amides is 1. The SMILES string of the molecule is N#Cc1ccncc1N1CCC(C(N)=O)C1. The molecule has 1 fully saturated rings. The molecule has 2 rings (SSSR count). The third-order valence-corrected chi connectivity index (χ3v) is 2.85. The maximum absolute atomic E-state index is 11.0. The van der Waals surface area contributed by atoms with E-state index in [1.807, 2.05) is 4.90 Å². The van der Waals surface area contributed by atoms with Gasteiger partial charge in [0.05, 0.1) is 23.4 Å². The molecular formula is C11H12N4O. The van der Waals surface area contributed by atoms with Gasteiger partial charge >= 0.3 is 0 Å². The normalized spacial score (nSPS) is 19.4. The molecule has 0 spiro atoms. The maximum atomic E-state index is 11.0. The Bertz CT molecular complexity index is 452. The summed E-state index contributed by atoms with van der Waals surface area (Å²) in [4.78, 5) is 17.0. The first-order valence-corrected chi connectivity index (χ1v) is 5.10. The topological polar surface area (TPSA) is 83.0 Å². The molecule has 1 aromatic rings. The van der Waals surface area contributed by atoms with Crippen LogP contribution in [0.1, 0.15) is 12.0 Å². The van der Waals surface area contributed by atoms with E-state index in [0.29, 0.717) is 12.1 Å². The van der Waals surface area contributed by atoms with Crippen molar-refractivity contribution in [3.63, 3.8) is 0 Å². The maximum Gasteiger partial charge on any atom is 0.222 e. The number of hydrogen-bond acceptors (Lipinski definition) is 4. The first kappa shape index (κ1) is 10.4. The molecule has 1 atom stereocenters. The van der Waals surface area contributed by atoms with Gasteiger partial charge in [-0.15, -0.1) is 0 Å². The van der Waals surface area contributed by atoms with Crippen LogP contribution in [0.3, 0.4) is 0 Å². The van der Waals surface area contributed by atoms with Crippen LogP contribution in [0.15, 0.2) is 18.5 Å². The highest BCUT2D eigenvalue weighted by Crippen LogP contribution is 2.25. The number of aromatic nitrogens is 1. The monoisotopic (exact) mass is 216 g/mol. The molecule has 16 heavy (non-hydrogen) atoms. The van der Waals surface area contributed by atoms with E-state index in [-0.39, 0.29) is 11.8 Å². The van der Waals surface area contributed by atoms with Crippen LogP contribution < -0.4 is 10.6 Å². The molecule has 0 aromatic carbocycles. The molecule has 0 radical (unpaired) electrons. The molecule has 2 heterocycles. The Kier molecular flexibility index (Phi) is 2.73. The van der Waals surface area contributed by atoms with E-state index in [9.17, 15) is 4.79 Å². The fourth-order valence-electron chi connectivity index (χ4n) is 1.94. The van der Waals surface area contributed by atoms with E-state index in [2.05, 4.69) is 11.1 Å². The van der Waals surface area contributed by atoms with E-state index in [1.54, 1.807) is 18.5 Å². The third kappa shape index (κ3) is 1.82. The Morgan fingerprint density at radius 3 is 3.12 bits per heavy atom. The summed E-state index contributed by atoms with van der Waals surface area (Å²) in [6, 6.07) is 3.79. The van der Waals surface area contributed by atoms with Crippen molar-refractivity contribution in [1.29, 1.82) is 5.26 Å². The van der Waals surface area contributed by atoms with E-state index in [1.165, 1.54) is 0 Å². The zero-order valence-corrected chi connectivity index (χ0v) is 8.76. The van der Waals surface area contributed by atoms with Gasteiger partial charge in [-0.1, -0.05) is 0 Å². The Morgan fingerprint density at radius 1 is 1.69 bits per heavy atom. The van der Waals surface area contributed by atoms with Crippen LogP contribution in [0.5, 0.6) is 0 Å². The summed E-state index contributed by atoms with van der Waals surface area (Å²) in [6.07, 6.45) is 3.99. The molecule has 1 unspecified atom stereocenters. The minimum atomic E-state index is -0.273. The zero-order valence-electron chi connectivity index (χ0n) is 8.76. The van der Waals surface area contributed by atoms with Crippen molar-refractivity contribution in [3.8, 4) is 6.07 Å². The van der Waals surface area contributed by atoms with Crippen LogP contribution >= 0.6 is 0 Å². The highest BCUT2D eigenvalue weighted by molar-refractivity contribution is 5.78. The molecule has 1 aliphatic rings. The van der Waals surface area contributed by atoms with Crippen molar-refractivity contribution >= 4 is 11.6 Å². The van der Waals surface area contributed by atoms with E-state index in [4.69, 9.17) is 11.0 Å². The summed E-state index contributed by atoms with van der Waals surface area (Å²) in [5.41, 5.74) is 6.63. The lowest BCUT2D eigenvalue weighted by Crippen LogP contribution is -2.27. The smallest absolute Gasteiger partial charge is 0.222 e. The molecule has 2 N–H and O–H groups in total. The van der Waals surface area contributed by atoms with Gasteiger partial charge in [0.25, 0.3) is 0 Å². The number of carbonyl (C=O) groups is 1. The third-order valence-electron chi connectivity index (χ3n) is 2.85. The van der Waals surface area contributed by atoms with Gasteiger partial charge in [-0.2, -0.15) is 5.26 Å². The molecule has 82 valence electrons. The number of hydrogen-bond donors (Lipinski definition) is 1. The van der Waals surface area contributed by atoms with Crippen molar-refractivity contribution in [2.45, 2.75) is 6.42 Å². The molecule has 1 saturated heterocycles. The summed E-state index contributed by atoms with van der Waals surface area (Å²) in [6.45, 7) is 1.32. The minimum Gasteiger partial charge on any atom is -0.369 e. The van der Waals surface area contributed by atoms with Gasteiger partial charge in [0.15, 0.2) is 0 Å². The fourth-order valence-corrected chi connectivity index (χ4v) is 1.94. The number of rotatable bonds is 2. The van der Waals surface area contributed by atoms with Crippen molar-refractivity contribution in [2.75, 3.05) is 18.0 Å². The van der Waals surface area contributed by atoms with Crippen LogP contribution in [0.4, 0.5) is 5.69 Å². The lowest BCUT2D eigenvalue weighted by atomic mass is 10.1. The summed E-state index contributed by atoms with van der Waals surface area (Å²) in [5, 5.41) is 8.96. The highest BCUT2D eigenvalue weighted by Gasteiger charge is 2.27. The number of anilines is 1. The molecule has 1 amide bonds. The van der Waals surface area contributed by atoms with Crippen LogP contribution in [-0.4, -0.2) is 24.0 Å². The lowest BCUT2D eigenvalue weighted by Gasteiger charge is -2.18. The van der Waals surface area contributed by atoms with E-state index in [0.717, 1.165) is 18.7 Å². The minimum absolute atomic E-state index is 0.119. The van der Waals surface area contributed by atoms with Gasteiger partial charge in [0.1, 0.15) is 6.07 Å². The number of carbonyl (C=O) groups excluding carboxylic acids is 1. The summed E-state index contributed by atoms with van der Waals surface area (Å²) < 4.78 is 0. The predicted octanol–water partition coefficient (Wildman–Crippen LogP) is 0.265. The second-order valence-electron chi connectivity index (χ2n) is 3.84. The number of nitriles is 1. The molecule has 5 heteroatoms. The van der Waals surface area contributed by atoms with Crippen molar-refractivity contribution < 1.29 is 4.79 Å². The Balaban J connectivity index is 2.21. The first-order valence-electron chi connectivity index (χ1n) is 5.10. The Hall–Kier alpha value is -2.09. The summed E-state index contributed by atoms with van der Waals surface area (Å²) >= 11 is 0. The van der Waals surface area contributed by atoms with Crippen molar-refractivity contribution in [2.24, 2.45) is 11.7 Å². The average Bonchev–Trinajstić information content (AvgIpc) is 2.78. The van der Waals surface area contributed by atoms with Crippen molar-refractivity contribution in [1.82, 2.24) is 4.98 Å². The van der Waals surface area contributed by atoms with Gasteiger partial charge in [-0.25, -0.2) is 0 Å². The molecule has 0 aliphatic carbocycles. The van der Waals surface area contributed by atoms with Crippen molar-refractivity contribution in [3.05, 3.63) is 24.0 Å². The first-order chi connectivity index (χ1) is 7.72. The second kappa shape index (κ2) is 4.19. The lowest BCUT2D eigenvalue weighted by molar-refractivity contribution is -0.121. The van der Waals surface area contributed by atoms with Gasteiger partial charge in [0.2, 0.25) is 5.91 Å².